The number of methoxy groups -OCH3 is 1. The fourth-order valence-corrected chi connectivity index (χ4v) is 3.37. The molecule has 144 valence electrons. The zero-order chi connectivity index (χ0) is 18.7. The minimum atomic E-state index is 0. The van der Waals surface area contributed by atoms with Crippen LogP contribution >= 0.6 is 0 Å². The molecule has 0 fully saturated rings. The van der Waals surface area contributed by atoms with Gasteiger partial charge in [0.1, 0.15) is 30.4 Å². The summed E-state index contributed by atoms with van der Waals surface area (Å²) in [7, 11) is 1.70. The predicted octanol–water partition coefficient (Wildman–Crippen LogP) is 2.07. The molecule has 0 N–H and O–H groups in total. The Hall–Kier alpha value is -2.26. The van der Waals surface area contributed by atoms with Gasteiger partial charge in [0, 0.05) is 11.1 Å². The second-order valence-corrected chi connectivity index (χ2v) is 7.44. The number of ether oxygens (including phenoxy) is 1. The summed E-state index contributed by atoms with van der Waals surface area (Å²) in [5, 5.41) is 0. The normalized spacial score (nSPS) is 10.9. The zero-order valence-corrected chi connectivity index (χ0v) is 17.6. The van der Waals surface area contributed by atoms with Crippen LogP contribution < -0.4 is 21.7 Å². The highest BCUT2D eigenvalue weighted by molar-refractivity contribution is 5.50. The van der Waals surface area contributed by atoms with Crippen LogP contribution in [0.1, 0.15) is 56.2 Å². The van der Waals surface area contributed by atoms with Crippen molar-refractivity contribution in [2.24, 2.45) is 0 Å². The Morgan fingerprint density at radius 3 is 2.04 bits per heavy atom. The smallest absolute Gasteiger partial charge is 0.249 e. The zero-order valence-electron chi connectivity index (χ0n) is 16.8. The molecule has 27 heavy (non-hydrogen) atoms. The second kappa shape index (κ2) is 9.09. The van der Waals surface area contributed by atoms with E-state index in [1.165, 1.54) is 22.4 Å². The van der Waals surface area contributed by atoms with E-state index in [9.17, 15) is 0 Å². The van der Waals surface area contributed by atoms with Crippen molar-refractivity contribution in [2.45, 2.75) is 46.1 Å². The summed E-state index contributed by atoms with van der Waals surface area (Å²) in [5.41, 5.74) is 5.37. The molecule has 0 aliphatic carbocycles. The molecule has 0 saturated carbocycles. The molecule has 0 amide bonds. The third-order valence-corrected chi connectivity index (χ3v) is 4.82. The number of halogens is 1. The quantitative estimate of drug-likeness (QED) is 0.595. The molecule has 0 bridgehead atoms. The number of nitrogens with zero attached hydrogens (tertiary/aromatic N) is 2. The van der Waals surface area contributed by atoms with Gasteiger partial charge in [0.25, 0.3) is 0 Å². The minimum Gasteiger partial charge on any atom is -1.00 e. The Balaban J connectivity index is 0.00000261. The lowest BCUT2D eigenvalue weighted by molar-refractivity contribution is -0.687. The van der Waals surface area contributed by atoms with E-state index >= 15 is 0 Å². The number of hydrogen-bond donors (Lipinski definition) is 0. The van der Waals surface area contributed by atoms with Gasteiger partial charge in [-0.15, -0.1) is 0 Å². The fourth-order valence-electron chi connectivity index (χ4n) is 3.37. The molecule has 0 aliphatic rings. The average Bonchev–Trinajstić information content (AvgIpc) is 3.09. The molecule has 0 aliphatic heterocycles. The van der Waals surface area contributed by atoms with E-state index in [-0.39, 0.29) is 12.4 Å². The van der Waals surface area contributed by atoms with Crippen LogP contribution in [0.4, 0.5) is 0 Å². The third kappa shape index (κ3) is 4.72. The molecule has 0 saturated heterocycles. The van der Waals surface area contributed by atoms with Crippen molar-refractivity contribution in [3.05, 3.63) is 77.9 Å². The summed E-state index contributed by atoms with van der Waals surface area (Å²) < 4.78 is 9.74. The molecule has 4 heteroatoms. The molecule has 1 heterocycles. The van der Waals surface area contributed by atoms with Crippen LogP contribution in [0.5, 0.6) is 5.75 Å². The van der Waals surface area contributed by atoms with E-state index in [0.29, 0.717) is 11.8 Å². The first-order valence-electron chi connectivity index (χ1n) is 9.32. The molecular formula is C23H29ClN2O. The Bertz CT molecular complexity index is 840. The first-order chi connectivity index (χ1) is 12.5. The SMILES string of the molecule is COc1ccc(C[n+]2ccn(-c3c(C(C)C)cccc3C(C)C)c2)cc1.[Cl-]. The van der Waals surface area contributed by atoms with Gasteiger partial charge in [-0.3, -0.25) is 0 Å². The van der Waals surface area contributed by atoms with E-state index < -0.39 is 0 Å². The van der Waals surface area contributed by atoms with Gasteiger partial charge in [-0.2, -0.15) is 0 Å². The number of para-hydroxylation sites is 1. The Labute approximate surface area is 169 Å². The van der Waals surface area contributed by atoms with E-state index in [1.807, 2.05) is 12.1 Å². The van der Waals surface area contributed by atoms with E-state index in [1.54, 1.807) is 7.11 Å². The topological polar surface area (TPSA) is 18.0 Å². The van der Waals surface area contributed by atoms with Gasteiger partial charge >= 0.3 is 0 Å². The average molecular weight is 385 g/mol. The van der Waals surface area contributed by atoms with Crippen LogP contribution in [0.3, 0.4) is 0 Å². The van der Waals surface area contributed by atoms with Crippen LogP contribution in [0, 0.1) is 0 Å². The lowest BCUT2D eigenvalue weighted by Crippen LogP contribution is -3.00. The van der Waals surface area contributed by atoms with Gasteiger partial charge in [0.05, 0.1) is 7.11 Å². The first-order valence-corrected chi connectivity index (χ1v) is 9.32. The van der Waals surface area contributed by atoms with Crippen LogP contribution in [0.2, 0.25) is 0 Å². The van der Waals surface area contributed by atoms with Crippen molar-refractivity contribution >= 4 is 0 Å². The maximum Gasteiger partial charge on any atom is 0.249 e. The highest BCUT2D eigenvalue weighted by Crippen LogP contribution is 2.30. The first kappa shape index (κ1) is 21.0. The van der Waals surface area contributed by atoms with Crippen molar-refractivity contribution in [2.75, 3.05) is 7.11 Å². The van der Waals surface area contributed by atoms with Gasteiger partial charge in [-0.1, -0.05) is 58.0 Å². The van der Waals surface area contributed by atoms with Gasteiger partial charge in [0.15, 0.2) is 0 Å². The highest BCUT2D eigenvalue weighted by Gasteiger charge is 2.20. The number of aromatic nitrogens is 2. The summed E-state index contributed by atoms with van der Waals surface area (Å²) in [4.78, 5) is 0. The monoisotopic (exact) mass is 384 g/mol. The van der Waals surface area contributed by atoms with Crippen LogP contribution in [0.15, 0.2) is 61.2 Å². The van der Waals surface area contributed by atoms with Crippen molar-refractivity contribution in [3.63, 3.8) is 0 Å². The van der Waals surface area contributed by atoms with Crippen LogP contribution in [0.25, 0.3) is 5.69 Å². The maximum absolute atomic E-state index is 5.24. The van der Waals surface area contributed by atoms with Crippen molar-refractivity contribution in [3.8, 4) is 11.4 Å². The lowest BCUT2D eigenvalue weighted by atomic mass is 9.92. The standard InChI is InChI=1S/C23H29N2O.ClH/c1-17(2)21-7-6-8-22(18(3)4)23(21)25-14-13-24(16-25)15-19-9-11-20(26-5)12-10-19;/h6-14,16-18H,15H2,1-5H3;1H/q+1;/p-1. The van der Waals surface area contributed by atoms with Crippen molar-refractivity contribution in [1.29, 1.82) is 0 Å². The van der Waals surface area contributed by atoms with E-state index in [2.05, 4.69) is 85.9 Å². The van der Waals surface area contributed by atoms with Crippen molar-refractivity contribution < 1.29 is 21.7 Å². The molecule has 3 aromatic rings. The Kier molecular flexibility index (Phi) is 7.09. The fraction of sp³-hybridized carbons (Fsp3) is 0.348. The highest BCUT2D eigenvalue weighted by atomic mass is 35.5. The largest absolute Gasteiger partial charge is 1.00 e. The van der Waals surface area contributed by atoms with Crippen LogP contribution in [-0.4, -0.2) is 11.7 Å². The minimum absolute atomic E-state index is 0. The van der Waals surface area contributed by atoms with E-state index in [0.717, 1.165) is 12.3 Å². The Morgan fingerprint density at radius 2 is 1.52 bits per heavy atom. The molecule has 0 spiro atoms. The molecule has 2 aromatic carbocycles. The number of hydrogen-bond acceptors (Lipinski definition) is 1. The molecular weight excluding hydrogens is 356 g/mol. The maximum atomic E-state index is 5.24. The summed E-state index contributed by atoms with van der Waals surface area (Å²) in [5.74, 6) is 1.87. The summed E-state index contributed by atoms with van der Waals surface area (Å²) in [6, 6.07) is 14.9. The van der Waals surface area contributed by atoms with Gasteiger partial charge in [-0.05, 0) is 29.5 Å². The molecule has 0 radical (unpaired) electrons. The molecule has 3 rings (SSSR count). The van der Waals surface area contributed by atoms with E-state index in [4.69, 9.17) is 4.74 Å². The number of imidazole rings is 1. The second-order valence-electron chi connectivity index (χ2n) is 7.44. The molecule has 3 nitrogen and oxygen atoms in total. The summed E-state index contributed by atoms with van der Waals surface area (Å²) in [6.45, 7) is 9.89. The van der Waals surface area contributed by atoms with Crippen LogP contribution in [-0.2, 0) is 6.54 Å². The number of rotatable bonds is 6. The number of benzene rings is 2. The molecule has 0 atom stereocenters. The van der Waals surface area contributed by atoms with Gasteiger partial charge < -0.3 is 17.1 Å². The molecule has 1 aromatic heterocycles. The summed E-state index contributed by atoms with van der Waals surface area (Å²) in [6.07, 6.45) is 6.50. The summed E-state index contributed by atoms with van der Waals surface area (Å²) >= 11 is 0. The van der Waals surface area contributed by atoms with Gasteiger partial charge in [0.2, 0.25) is 6.33 Å². The lowest BCUT2D eigenvalue weighted by Gasteiger charge is -2.16. The third-order valence-electron chi connectivity index (χ3n) is 4.82. The van der Waals surface area contributed by atoms with Gasteiger partial charge in [-0.25, -0.2) is 9.13 Å². The Morgan fingerprint density at radius 1 is 0.926 bits per heavy atom. The predicted molar refractivity (Wildman–Crippen MR) is 106 cm³/mol. The molecule has 0 unspecified atom stereocenters. The van der Waals surface area contributed by atoms with Crippen molar-refractivity contribution in [1.82, 2.24) is 4.57 Å².